The van der Waals surface area contributed by atoms with Gasteiger partial charge in [-0.25, -0.2) is 0 Å². The van der Waals surface area contributed by atoms with Crippen LogP contribution in [0.15, 0.2) is 30.3 Å². The molecule has 1 unspecified atom stereocenters. The maximum absolute atomic E-state index is 3.34. The zero-order valence-electron chi connectivity index (χ0n) is 8.74. The summed E-state index contributed by atoms with van der Waals surface area (Å²) in [5.41, 5.74) is 1.35. The summed E-state index contributed by atoms with van der Waals surface area (Å²) < 4.78 is 0. The van der Waals surface area contributed by atoms with Crippen molar-refractivity contribution >= 4 is 14.9 Å². The molecule has 3 heteroatoms. The van der Waals surface area contributed by atoms with Crippen LogP contribution in [0.25, 0.3) is 0 Å². The molecule has 1 fully saturated rings. The highest BCUT2D eigenvalue weighted by Crippen LogP contribution is 2.12. The first-order valence-corrected chi connectivity index (χ1v) is 6.21. The molecule has 0 saturated carbocycles. The Morgan fingerprint density at radius 2 is 1.64 bits per heavy atom. The topological polar surface area (TPSA) is 15.3 Å². The molecule has 0 spiro atoms. The van der Waals surface area contributed by atoms with E-state index in [0.717, 1.165) is 26.2 Å². The number of piperazine rings is 1. The second kappa shape index (κ2) is 6.80. The lowest BCUT2D eigenvalue weighted by Crippen LogP contribution is -2.43. The molecule has 0 bridgehead atoms. The number of para-hydroxylation sites is 1. The molecular weight excluding hydrogens is 191 g/mol. The molecule has 1 aliphatic heterocycles. The van der Waals surface area contributed by atoms with Gasteiger partial charge in [-0.3, -0.25) is 0 Å². The summed E-state index contributed by atoms with van der Waals surface area (Å²) in [6.07, 6.45) is 0. The van der Waals surface area contributed by atoms with Crippen LogP contribution in [-0.2, 0) is 0 Å². The Hall–Kier alpha value is -0.590. The lowest BCUT2D eigenvalue weighted by molar-refractivity contribution is 0.589. The number of anilines is 1. The maximum Gasteiger partial charge on any atom is 0.0367 e. The van der Waals surface area contributed by atoms with E-state index in [9.17, 15) is 0 Å². The second-order valence-corrected chi connectivity index (χ2v) is 3.07. The van der Waals surface area contributed by atoms with Gasteiger partial charge >= 0.3 is 0 Å². The zero-order chi connectivity index (χ0) is 10.2. The Labute approximate surface area is 88.9 Å². The monoisotopic (exact) mass is 210 g/mol. The smallest absolute Gasteiger partial charge is 0.0367 e. The predicted molar refractivity (Wildman–Crippen MR) is 67.2 cm³/mol. The minimum Gasteiger partial charge on any atom is -0.369 e. The third-order valence-electron chi connectivity index (χ3n) is 2.24. The number of hydrogen-bond acceptors (Lipinski definition) is 2. The summed E-state index contributed by atoms with van der Waals surface area (Å²) in [5.74, 6) is 0. The molecule has 1 aromatic rings. The van der Waals surface area contributed by atoms with Crippen LogP contribution in [0.5, 0.6) is 0 Å². The molecule has 14 heavy (non-hydrogen) atoms. The molecule has 1 atom stereocenters. The molecule has 2 rings (SSSR count). The SMILES string of the molecule is CP.c1ccc(N2CCNCC2)cc1. The van der Waals surface area contributed by atoms with Crippen LogP contribution in [0, 0.1) is 0 Å². The van der Waals surface area contributed by atoms with Crippen LogP contribution in [-0.4, -0.2) is 32.8 Å². The van der Waals surface area contributed by atoms with Crippen LogP contribution < -0.4 is 10.2 Å². The first kappa shape index (κ1) is 11.5. The highest BCUT2D eigenvalue weighted by molar-refractivity contribution is 7.15. The van der Waals surface area contributed by atoms with E-state index in [4.69, 9.17) is 0 Å². The van der Waals surface area contributed by atoms with Crippen molar-refractivity contribution in [2.45, 2.75) is 0 Å². The Kier molecular flexibility index (Phi) is 5.58. The Balaban J connectivity index is 0.000000461. The van der Waals surface area contributed by atoms with Crippen LogP contribution in [0.4, 0.5) is 5.69 Å². The third-order valence-corrected chi connectivity index (χ3v) is 2.24. The Morgan fingerprint density at radius 1 is 1.07 bits per heavy atom. The summed E-state index contributed by atoms with van der Waals surface area (Å²) in [4.78, 5) is 2.41. The van der Waals surface area contributed by atoms with Gasteiger partial charge in [0.15, 0.2) is 0 Å². The van der Waals surface area contributed by atoms with Crippen molar-refractivity contribution in [3.63, 3.8) is 0 Å². The van der Waals surface area contributed by atoms with E-state index in [0.29, 0.717) is 0 Å². The van der Waals surface area contributed by atoms with Crippen molar-refractivity contribution < 1.29 is 0 Å². The highest BCUT2D eigenvalue weighted by atomic mass is 31.0. The average Bonchev–Trinajstić information content (AvgIpc) is 2.34. The van der Waals surface area contributed by atoms with Gasteiger partial charge in [0.25, 0.3) is 0 Å². The molecule has 1 saturated heterocycles. The van der Waals surface area contributed by atoms with Gasteiger partial charge in [-0.05, 0) is 12.1 Å². The van der Waals surface area contributed by atoms with Gasteiger partial charge in [0.1, 0.15) is 0 Å². The van der Waals surface area contributed by atoms with E-state index in [1.807, 2.05) is 6.66 Å². The van der Waals surface area contributed by atoms with Gasteiger partial charge in [0.05, 0.1) is 0 Å². The Morgan fingerprint density at radius 3 is 2.21 bits per heavy atom. The van der Waals surface area contributed by atoms with Crippen molar-refractivity contribution in [3.8, 4) is 0 Å². The fourth-order valence-corrected chi connectivity index (χ4v) is 1.56. The lowest BCUT2D eigenvalue weighted by atomic mass is 10.2. The minimum atomic E-state index is 1.11. The van der Waals surface area contributed by atoms with E-state index < -0.39 is 0 Å². The van der Waals surface area contributed by atoms with Gasteiger partial charge < -0.3 is 10.2 Å². The summed E-state index contributed by atoms with van der Waals surface area (Å²) >= 11 is 0. The number of nitrogens with one attached hydrogen (secondary N) is 1. The molecule has 1 aromatic carbocycles. The maximum atomic E-state index is 3.34. The van der Waals surface area contributed by atoms with Crippen molar-refractivity contribution in [1.82, 2.24) is 5.32 Å². The van der Waals surface area contributed by atoms with E-state index in [1.165, 1.54) is 5.69 Å². The second-order valence-electron chi connectivity index (χ2n) is 3.07. The molecule has 78 valence electrons. The summed E-state index contributed by atoms with van der Waals surface area (Å²) in [5, 5.41) is 3.34. The molecule has 1 heterocycles. The third kappa shape index (κ3) is 3.28. The van der Waals surface area contributed by atoms with Gasteiger partial charge in [0.2, 0.25) is 0 Å². The Bertz CT molecular complexity index is 232. The largest absolute Gasteiger partial charge is 0.369 e. The molecule has 0 aromatic heterocycles. The highest BCUT2D eigenvalue weighted by Gasteiger charge is 2.08. The molecule has 1 N–H and O–H groups in total. The molecule has 0 radical (unpaired) electrons. The summed E-state index contributed by atoms with van der Waals surface area (Å²) in [7, 11) is 2.42. The summed E-state index contributed by atoms with van der Waals surface area (Å²) in [6.45, 7) is 6.39. The van der Waals surface area contributed by atoms with Crippen LogP contribution >= 0.6 is 9.24 Å². The van der Waals surface area contributed by atoms with E-state index in [-0.39, 0.29) is 0 Å². The zero-order valence-corrected chi connectivity index (χ0v) is 9.89. The van der Waals surface area contributed by atoms with Crippen molar-refractivity contribution in [3.05, 3.63) is 30.3 Å². The fourth-order valence-electron chi connectivity index (χ4n) is 1.56. The first-order valence-electron chi connectivity index (χ1n) is 5.05. The number of rotatable bonds is 1. The van der Waals surface area contributed by atoms with E-state index in [1.54, 1.807) is 0 Å². The first-order chi connectivity index (χ1) is 6.97. The quantitative estimate of drug-likeness (QED) is 0.708. The molecular formula is C11H19N2P. The molecule has 0 aliphatic carbocycles. The van der Waals surface area contributed by atoms with Crippen molar-refractivity contribution in [2.24, 2.45) is 0 Å². The fraction of sp³-hybridized carbons (Fsp3) is 0.455. The van der Waals surface area contributed by atoms with Crippen LogP contribution in [0.1, 0.15) is 0 Å². The number of benzene rings is 1. The van der Waals surface area contributed by atoms with Gasteiger partial charge in [-0.1, -0.05) is 24.9 Å². The van der Waals surface area contributed by atoms with Gasteiger partial charge in [-0.2, -0.15) is 0 Å². The average molecular weight is 210 g/mol. The normalized spacial score (nSPS) is 15.7. The van der Waals surface area contributed by atoms with Gasteiger partial charge in [-0.15, -0.1) is 9.24 Å². The molecule has 0 amide bonds. The van der Waals surface area contributed by atoms with Crippen LogP contribution in [0.2, 0.25) is 0 Å². The number of nitrogens with zero attached hydrogens (tertiary/aromatic N) is 1. The van der Waals surface area contributed by atoms with Crippen molar-refractivity contribution in [1.29, 1.82) is 0 Å². The number of hydrogen-bond donors (Lipinski definition) is 1. The van der Waals surface area contributed by atoms with Crippen LogP contribution in [0.3, 0.4) is 0 Å². The van der Waals surface area contributed by atoms with E-state index in [2.05, 4.69) is 49.8 Å². The predicted octanol–water partition coefficient (Wildman–Crippen LogP) is 1.59. The minimum absolute atomic E-state index is 1.11. The van der Waals surface area contributed by atoms with Crippen molar-refractivity contribution in [2.75, 3.05) is 37.7 Å². The standard InChI is InChI=1S/C10H14N2.CH5P/c1-2-4-10(5-3-1)12-8-6-11-7-9-12;1-2/h1-5,11H,6-9H2;2H2,1H3. The summed E-state index contributed by atoms with van der Waals surface area (Å²) in [6, 6.07) is 10.6. The van der Waals surface area contributed by atoms with Gasteiger partial charge in [0, 0.05) is 31.9 Å². The van der Waals surface area contributed by atoms with E-state index >= 15 is 0 Å². The molecule has 1 aliphatic rings. The lowest BCUT2D eigenvalue weighted by Gasteiger charge is -2.29. The molecule has 2 nitrogen and oxygen atoms in total.